The fourth-order valence-corrected chi connectivity index (χ4v) is 4.86. The maximum absolute atomic E-state index is 7.18. The van der Waals surface area contributed by atoms with E-state index in [2.05, 4.69) is 77.7 Å². The molecule has 1 aliphatic heterocycles. The number of nitrogens with two attached hydrogens (primary N) is 1. The van der Waals surface area contributed by atoms with Gasteiger partial charge in [-0.3, -0.25) is 9.98 Å². The number of fused-ring (bicyclic) bond motifs is 1. The zero-order valence-electron chi connectivity index (χ0n) is 21.9. The first-order valence-corrected chi connectivity index (χ1v) is 13.1. The van der Waals surface area contributed by atoms with E-state index >= 15 is 0 Å². The van der Waals surface area contributed by atoms with Crippen LogP contribution in [0.1, 0.15) is 42.9 Å². The number of aliphatic imine (C=N–C) groups is 2. The monoisotopic (exact) mass is 514 g/mol. The molecule has 2 N–H and O–H groups in total. The number of benzene rings is 2. The number of aromatic nitrogens is 1. The zero-order chi connectivity index (χ0) is 26.4. The van der Waals surface area contributed by atoms with Crippen LogP contribution in [0, 0.1) is 0 Å². The molecule has 1 atom stereocenters. The van der Waals surface area contributed by atoms with Gasteiger partial charge in [-0.25, -0.2) is 4.98 Å². The third kappa shape index (κ3) is 5.86. The smallest absolute Gasteiger partial charge is 0.134 e. The standard InChI is InChI=1S/C30H35ClN6/c1-5-36(4)28(20-33-3)21(2)23-10-13-27-25(19-23)29(31)26(30(35-27)37-16-7-17-37)18-22-8-11-24(12-9-22)34-15-6-14-32/h6,8-15,19-21H,3,5,7,16-18,32H2,1-2,4H3/b14-6?,28-20-,34-15?. The molecular formula is C30H35ClN6. The van der Waals surface area contributed by atoms with Crippen LogP contribution in [0.5, 0.6) is 0 Å². The summed E-state index contributed by atoms with van der Waals surface area (Å²) >= 11 is 7.18. The Labute approximate surface area is 224 Å². The molecule has 1 fully saturated rings. The molecule has 0 spiro atoms. The highest BCUT2D eigenvalue weighted by atomic mass is 35.5. The quantitative estimate of drug-likeness (QED) is 0.315. The highest BCUT2D eigenvalue weighted by Gasteiger charge is 2.24. The van der Waals surface area contributed by atoms with Gasteiger partial charge in [0.1, 0.15) is 5.82 Å². The molecule has 0 saturated carbocycles. The van der Waals surface area contributed by atoms with Crippen molar-refractivity contribution in [1.82, 2.24) is 9.88 Å². The van der Waals surface area contributed by atoms with Gasteiger partial charge in [0.25, 0.3) is 0 Å². The first kappa shape index (κ1) is 26.4. The Bertz CT molecular complexity index is 1340. The Balaban J connectivity index is 1.74. The van der Waals surface area contributed by atoms with Crippen molar-refractivity contribution < 1.29 is 0 Å². The number of likely N-dealkylation sites (N-methyl/N-ethyl adjacent to an activating group) is 1. The summed E-state index contributed by atoms with van der Waals surface area (Å²) < 4.78 is 0. The summed E-state index contributed by atoms with van der Waals surface area (Å²) in [7, 11) is 2.08. The fourth-order valence-electron chi connectivity index (χ4n) is 4.56. The second-order valence-corrected chi connectivity index (χ2v) is 9.70. The SMILES string of the molecule is C=N/C=C(/C(C)c1ccc2nc(N3CCC3)c(Cc3ccc(N=CC=CN)cc3)c(Cl)c2c1)N(C)CC. The van der Waals surface area contributed by atoms with E-state index in [-0.39, 0.29) is 5.92 Å². The lowest BCUT2D eigenvalue weighted by Gasteiger charge is -2.34. The minimum Gasteiger partial charge on any atom is -0.405 e. The molecule has 3 aromatic rings. The van der Waals surface area contributed by atoms with E-state index in [0.29, 0.717) is 6.42 Å². The third-order valence-corrected chi connectivity index (χ3v) is 7.43. The topological polar surface area (TPSA) is 70.1 Å². The predicted octanol–water partition coefficient (Wildman–Crippen LogP) is 6.46. The molecule has 2 heterocycles. The minimum atomic E-state index is 0.136. The Morgan fingerprint density at radius 2 is 2.00 bits per heavy atom. The second-order valence-electron chi connectivity index (χ2n) is 9.32. The Hall–Kier alpha value is -3.64. The summed E-state index contributed by atoms with van der Waals surface area (Å²) in [5.74, 6) is 1.12. The van der Waals surface area contributed by atoms with Gasteiger partial charge in [-0.1, -0.05) is 36.7 Å². The van der Waals surface area contributed by atoms with E-state index in [1.807, 2.05) is 18.3 Å². The average Bonchev–Trinajstić information content (AvgIpc) is 2.88. The van der Waals surface area contributed by atoms with Crippen molar-refractivity contribution >= 4 is 46.9 Å². The van der Waals surface area contributed by atoms with Crippen LogP contribution in [-0.4, -0.2) is 49.5 Å². The molecule has 192 valence electrons. The van der Waals surface area contributed by atoms with Crippen molar-refractivity contribution in [1.29, 1.82) is 0 Å². The first-order valence-electron chi connectivity index (χ1n) is 12.7. The number of anilines is 1. The van der Waals surface area contributed by atoms with Crippen LogP contribution in [0.25, 0.3) is 10.9 Å². The van der Waals surface area contributed by atoms with Crippen LogP contribution < -0.4 is 10.6 Å². The van der Waals surface area contributed by atoms with Gasteiger partial charge in [0, 0.05) is 68.1 Å². The van der Waals surface area contributed by atoms with Gasteiger partial charge in [-0.05, 0) is 67.7 Å². The number of nitrogens with zero attached hydrogens (tertiary/aromatic N) is 5. The lowest BCUT2D eigenvalue weighted by atomic mass is 9.94. The number of hydrogen-bond acceptors (Lipinski definition) is 6. The lowest BCUT2D eigenvalue weighted by molar-refractivity contribution is 0.411. The molecule has 6 nitrogen and oxygen atoms in total. The maximum Gasteiger partial charge on any atom is 0.134 e. The molecule has 4 rings (SSSR count). The van der Waals surface area contributed by atoms with Gasteiger partial charge in [-0.2, -0.15) is 0 Å². The molecule has 1 aromatic heterocycles. The summed E-state index contributed by atoms with van der Waals surface area (Å²) in [5, 5.41) is 1.75. The highest BCUT2D eigenvalue weighted by molar-refractivity contribution is 6.36. The summed E-state index contributed by atoms with van der Waals surface area (Å²) in [5.41, 5.74) is 11.7. The van der Waals surface area contributed by atoms with Crippen molar-refractivity contribution in [3.8, 4) is 0 Å². The van der Waals surface area contributed by atoms with Gasteiger partial charge in [-0.15, -0.1) is 0 Å². The number of allylic oxidation sites excluding steroid dienone is 2. The minimum absolute atomic E-state index is 0.136. The molecule has 1 unspecified atom stereocenters. The molecule has 0 amide bonds. The van der Waals surface area contributed by atoms with Gasteiger partial charge >= 0.3 is 0 Å². The highest BCUT2D eigenvalue weighted by Crippen LogP contribution is 2.38. The maximum atomic E-state index is 7.18. The molecule has 0 aliphatic carbocycles. The average molecular weight is 515 g/mol. The normalized spacial score (nSPS) is 14.9. The number of pyridine rings is 1. The molecular weight excluding hydrogens is 480 g/mol. The molecule has 7 heteroatoms. The first-order chi connectivity index (χ1) is 18.0. The van der Waals surface area contributed by atoms with E-state index in [1.165, 1.54) is 18.2 Å². The van der Waals surface area contributed by atoms with Crippen LogP contribution in [0.15, 0.2) is 76.6 Å². The fraction of sp³-hybridized carbons (Fsp3) is 0.300. The van der Waals surface area contributed by atoms with Gasteiger partial charge in [0.2, 0.25) is 0 Å². The van der Waals surface area contributed by atoms with E-state index < -0.39 is 0 Å². The van der Waals surface area contributed by atoms with Crippen LogP contribution in [0.2, 0.25) is 5.02 Å². The molecule has 0 bridgehead atoms. The molecule has 1 aliphatic rings. The van der Waals surface area contributed by atoms with Crippen molar-refractivity contribution in [2.75, 3.05) is 31.6 Å². The molecule has 37 heavy (non-hydrogen) atoms. The second kappa shape index (κ2) is 12.1. The molecule has 2 aromatic carbocycles. The van der Waals surface area contributed by atoms with Crippen LogP contribution in [0.4, 0.5) is 11.5 Å². The number of hydrogen-bond donors (Lipinski definition) is 1. The zero-order valence-corrected chi connectivity index (χ0v) is 22.6. The van der Waals surface area contributed by atoms with Crippen molar-refractivity contribution in [2.24, 2.45) is 15.7 Å². The van der Waals surface area contributed by atoms with E-state index in [4.69, 9.17) is 22.3 Å². The summed E-state index contributed by atoms with van der Waals surface area (Å²) in [6, 6.07) is 14.6. The largest absolute Gasteiger partial charge is 0.405 e. The third-order valence-electron chi connectivity index (χ3n) is 6.99. The number of rotatable bonds is 10. The Morgan fingerprint density at radius 1 is 1.24 bits per heavy atom. The van der Waals surface area contributed by atoms with Crippen LogP contribution in [0.3, 0.4) is 0 Å². The van der Waals surface area contributed by atoms with Gasteiger partial charge in [0.15, 0.2) is 0 Å². The summed E-state index contributed by atoms with van der Waals surface area (Å²) in [6.45, 7) is 10.9. The van der Waals surface area contributed by atoms with Crippen LogP contribution >= 0.6 is 11.6 Å². The van der Waals surface area contributed by atoms with Crippen LogP contribution in [-0.2, 0) is 6.42 Å². The van der Waals surface area contributed by atoms with E-state index in [9.17, 15) is 0 Å². The number of halogens is 1. The van der Waals surface area contributed by atoms with E-state index in [1.54, 1.807) is 12.3 Å². The van der Waals surface area contributed by atoms with Crippen molar-refractivity contribution in [2.45, 2.75) is 32.6 Å². The Kier molecular flexibility index (Phi) is 8.62. The summed E-state index contributed by atoms with van der Waals surface area (Å²) in [6.07, 6.45) is 8.57. The van der Waals surface area contributed by atoms with E-state index in [0.717, 1.165) is 63.9 Å². The van der Waals surface area contributed by atoms with Crippen molar-refractivity contribution in [3.63, 3.8) is 0 Å². The Morgan fingerprint density at radius 3 is 2.62 bits per heavy atom. The predicted molar refractivity (Wildman–Crippen MR) is 159 cm³/mol. The molecule has 1 saturated heterocycles. The lowest BCUT2D eigenvalue weighted by Crippen LogP contribution is -2.38. The van der Waals surface area contributed by atoms with Gasteiger partial charge < -0.3 is 15.5 Å². The molecule has 0 radical (unpaired) electrons. The summed E-state index contributed by atoms with van der Waals surface area (Å²) in [4.78, 5) is 18.1. The van der Waals surface area contributed by atoms with Gasteiger partial charge in [0.05, 0.1) is 16.2 Å². The van der Waals surface area contributed by atoms with Crippen molar-refractivity contribution in [3.05, 3.63) is 88.4 Å².